The molecule has 0 aliphatic carbocycles. The molecule has 0 atom stereocenters. The molecule has 0 fully saturated rings. The van der Waals surface area contributed by atoms with Gasteiger partial charge in [-0.25, -0.2) is 14.8 Å². The molecule has 0 aliphatic rings. The Morgan fingerprint density at radius 2 is 1.88 bits per heavy atom. The molecule has 0 radical (unpaired) electrons. The fraction of sp³-hybridized carbons (Fsp3) is 0.250. The number of carboxylic acids is 1. The van der Waals surface area contributed by atoms with Crippen LogP contribution < -0.4 is 10.1 Å². The summed E-state index contributed by atoms with van der Waals surface area (Å²) < 4.78 is 5.00. The predicted molar refractivity (Wildman–Crippen MR) is 90.8 cm³/mol. The van der Waals surface area contributed by atoms with Gasteiger partial charge in [-0.1, -0.05) is 11.8 Å². The first-order chi connectivity index (χ1) is 11.4. The molecule has 1 heterocycles. The molecule has 1 aromatic carbocycles. The van der Waals surface area contributed by atoms with Crippen molar-refractivity contribution in [2.45, 2.75) is 19.0 Å². The van der Waals surface area contributed by atoms with Crippen LogP contribution in [-0.2, 0) is 4.79 Å². The molecule has 24 heavy (non-hydrogen) atoms. The maximum Gasteiger partial charge on any atom is 0.337 e. The van der Waals surface area contributed by atoms with Crippen molar-refractivity contribution in [2.24, 2.45) is 0 Å². The smallest absolute Gasteiger partial charge is 0.337 e. The second kappa shape index (κ2) is 7.78. The number of carbonyl (C=O) groups excluding carboxylic acids is 1. The third-order valence-corrected chi connectivity index (χ3v) is 3.87. The predicted octanol–water partition coefficient (Wildman–Crippen LogP) is 2.53. The standard InChI is InChI=1S/C16H17N3O4S/c1-9-6-10(2)18-16(17-9)24-8-14(20)19-13-5-4-11(23-3)7-12(13)15(21)22/h4-7H,8H2,1-3H3,(H,19,20)(H,21,22). The van der Waals surface area contributed by atoms with Crippen molar-refractivity contribution >= 4 is 29.3 Å². The highest BCUT2D eigenvalue weighted by Gasteiger charge is 2.14. The highest BCUT2D eigenvalue weighted by atomic mass is 32.2. The summed E-state index contributed by atoms with van der Waals surface area (Å²) in [5.41, 5.74) is 1.84. The normalized spacial score (nSPS) is 10.3. The number of carbonyl (C=O) groups is 2. The van der Waals surface area contributed by atoms with Crippen LogP contribution in [0.15, 0.2) is 29.4 Å². The fourth-order valence-corrected chi connectivity index (χ4v) is 2.76. The van der Waals surface area contributed by atoms with E-state index < -0.39 is 5.97 Å². The number of hydrogen-bond donors (Lipinski definition) is 2. The Balaban J connectivity index is 2.05. The van der Waals surface area contributed by atoms with Crippen molar-refractivity contribution in [3.05, 3.63) is 41.2 Å². The lowest BCUT2D eigenvalue weighted by molar-refractivity contribution is -0.113. The van der Waals surface area contributed by atoms with Crippen LogP contribution in [0.2, 0.25) is 0 Å². The van der Waals surface area contributed by atoms with E-state index in [9.17, 15) is 14.7 Å². The van der Waals surface area contributed by atoms with E-state index in [2.05, 4.69) is 15.3 Å². The van der Waals surface area contributed by atoms with Crippen LogP contribution >= 0.6 is 11.8 Å². The summed E-state index contributed by atoms with van der Waals surface area (Å²) in [6.07, 6.45) is 0. The molecule has 1 amide bonds. The van der Waals surface area contributed by atoms with Gasteiger partial charge in [-0.3, -0.25) is 4.79 Å². The molecule has 0 saturated carbocycles. The molecule has 0 bridgehead atoms. The van der Waals surface area contributed by atoms with Gasteiger partial charge in [0.05, 0.1) is 24.1 Å². The molecular weight excluding hydrogens is 330 g/mol. The van der Waals surface area contributed by atoms with Gasteiger partial charge in [0.1, 0.15) is 5.75 Å². The summed E-state index contributed by atoms with van der Waals surface area (Å²) >= 11 is 1.19. The summed E-state index contributed by atoms with van der Waals surface area (Å²) in [4.78, 5) is 31.9. The summed E-state index contributed by atoms with van der Waals surface area (Å²) in [6.45, 7) is 3.71. The minimum atomic E-state index is -1.14. The van der Waals surface area contributed by atoms with Gasteiger partial charge in [-0.05, 0) is 38.1 Å². The molecular formula is C16H17N3O4S. The lowest BCUT2D eigenvalue weighted by atomic mass is 10.1. The Kier molecular flexibility index (Phi) is 5.75. The van der Waals surface area contributed by atoms with E-state index in [4.69, 9.17) is 4.74 Å². The number of carboxylic acid groups (broad SMARTS) is 1. The van der Waals surface area contributed by atoms with Crippen LogP contribution in [0.3, 0.4) is 0 Å². The number of nitrogens with zero attached hydrogens (tertiary/aromatic N) is 2. The van der Waals surface area contributed by atoms with Crippen molar-refractivity contribution in [1.82, 2.24) is 9.97 Å². The summed E-state index contributed by atoms with van der Waals surface area (Å²) in [6, 6.07) is 6.29. The number of aromatic nitrogens is 2. The number of aryl methyl sites for hydroxylation is 2. The zero-order chi connectivity index (χ0) is 17.7. The van der Waals surface area contributed by atoms with Gasteiger partial charge < -0.3 is 15.2 Å². The molecule has 2 aromatic rings. The SMILES string of the molecule is COc1ccc(NC(=O)CSc2nc(C)cc(C)n2)c(C(=O)O)c1. The Bertz CT molecular complexity index is 760. The van der Waals surface area contributed by atoms with Crippen molar-refractivity contribution in [2.75, 3.05) is 18.2 Å². The van der Waals surface area contributed by atoms with Crippen LogP contribution in [0.1, 0.15) is 21.7 Å². The first-order valence-corrected chi connectivity index (χ1v) is 8.04. The van der Waals surface area contributed by atoms with E-state index in [0.717, 1.165) is 11.4 Å². The van der Waals surface area contributed by atoms with Gasteiger partial charge in [-0.2, -0.15) is 0 Å². The first kappa shape index (κ1) is 17.7. The lowest BCUT2D eigenvalue weighted by Crippen LogP contribution is -2.17. The van der Waals surface area contributed by atoms with E-state index in [1.54, 1.807) is 6.07 Å². The molecule has 0 aliphatic heterocycles. The third kappa shape index (κ3) is 4.69. The molecule has 0 unspecified atom stereocenters. The first-order valence-electron chi connectivity index (χ1n) is 7.05. The van der Waals surface area contributed by atoms with E-state index >= 15 is 0 Å². The minimum absolute atomic E-state index is 0.0321. The van der Waals surface area contributed by atoms with E-state index in [1.807, 2.05) is 19.9 Å². The van der Waals surface area contributed by atoms with Gasteiger partial charge in [0.15, 0.2) is 5.16 Å². The van der Waals surface area contributed by atoms with Crippen LogP contribution in [0, 0.1) is 13.8 Å². The summed E-state index contributed by atoms with van der Waals surface area (Å²) in [7, 11) is 1.44. The number of benzene rings is 1. The zero-order valence-corrected chi connectivity index (χ0v) is 14.3. The van der Waals surface area contributed by atoms with Gasteiger partial charge in [0.25, 0.3) is 0 Å². The number of ether oxygens (including phenoxy) is 1. The van der Waals surface area contributed by atoms with E-state index in [-0.39, 0.29) is 22.9 Å². The summed E-state index contributed by atoms with van der Waals surface area (Å²) in [5.74, 6) is -0.998. The number of amides is 1. The van der Waals surface area contributed by atoms with Crippen LogP contribution in [0.4, 0.5) is 5.69 Å². The zero-order valence-electron chi connectivity index (χ0n) is 13.5. The van der Waals surface area contributed by atoms with E-state index in [1.165, 1.54) is 31.0 Å². The third-order valence-electron chi connectivity index (χ3n) is 3.03. The van der Waals surface area contributed by atoms with Gasteiger partial charge in [0, 0.05) is 11.4 Å². The van der Waals surface area contributed by atoms with Gasteiger partial charge in [-0.15, -0.1) is 0 Å². The number of anilines is 1. The highest BCUT2D eigenvalue weighted by molar-refractivity contribution is 7.99. The monoisotopic (exact) mass is 347 g/mol. The van der Waals surface area contributed by atoms with Gasteiger partial charge in [0.2, 0.25) is 5.91 Å². The Morgan fingerprint density at radius 3 is 2.46 bits per heavy atom. The van der Waals surface area contributed by atoms with Crippen LogP contribution in [0.25, 0.3) is 0 Å². The maximum atomic E-state index is 12.1. The number of aromatic carboxylic acids is 1. The number of rotatable bonds is 6. The summed E-state index contributed by atoms with van der Waals surface area (Å²) in [5, 5.41) is 12.3. The average Bonchev–Trinajstić information content (AvgIpc) is 2.52. The molecule has 2 N–H and O–H groups in total. The fourth-order valence-electron chi connectivity index (χ4n) is 2.01. The van der Waals surface area contributed by atoms with Crippen LogP contribution in [-0.4, -0.2) is 39.8 Å². The molecule has 7 nitrogen and oxygen atoms in total. The maximum absolute atomic E-state index is 12.1. The Hall–Kier alpha value is -2.61. The quantitative estimate of drug-likeness (QED) is 0.611. The van der Waals surface area contributed by atoms with Crippen molar-refractivity contribution < 1.29 is 19.4 Å². The van der Waals surface area contributed by atoms with Crippen molar-refractivity contribution in [3.8, 4) is 5.75 Å². The molecule has 126 valence electrons. The Morgan fingerprint density at radius 1 is 1.21 bits per heavy atom. The molecule has 8 heteroatoms. The topological polar surface area (TPSA) is 101 Å². The number of nitrogens with one attached hydrogen (secondary N) is 1. The molecule has 0 spiro atoms. The average molecular weight is 347 g/mol. The number of methoxy groups -OCH3 is 1. The molecule has 2 rings (SSSR count). The number of hydrogen-bond acceptors (Lipinski definition) is 6. The highest BCUT2D eigenvalue weighted by Crippen LogP contribution is 2.23. The minimum Gasteiger partial charge on any atom is -0.497 e. The van der Waals surface area contributed by atoms with Crippen molar-refractivity contribution in [3.63, 3.8) is 0 Å². The Labute approximate surface area is 143 Å². The van der Waals surface area contributed by atoms with Crippen LogP contribution in [0.5, 0.6) is 5.75 Å². The lowest BCUT2D eigenvalue weighted by Gasteiger charge is -2.10. The molecule has 1 aromatic heterocycles. The largest absolute Gasteiger partial charge is 0.497 e. The number of thioether (sulfide) groups is 1. The second-order valence-corrected chi connectivity index (χ2v) is 5.93. The van der Waals surface area contributed by atoms with Gasteiger partial charge >= 0.3 is 5.97 Å². The molecule has 0 saturated heterocycles. The second-order valence-electron chi connectivity index (χ2n) is 4.99. The van der Waals surface area contributed by atoms with Crippen molar-refractivity contribution in [1.29, 1.82) is 0 Å². The van der Waals surface area contributed by atoms with E-state index in [0.29, 0.717) is 10.9 Å².